The summed E-state index contributed by atoms with van der Waals surface area (Å²) in [6.07, 6.45) is 0. The Morgan fingerprint density at radius 2 is 1.07 bits per heavy atom. The van der Waals surface area contributed by atoms with Gasteiger partial charge in [0, 0.05) is 53.8 Å². The molecule has 0 saturated carbocycles. The van der Waals surface area contributed by atoms with Gasteiger partial charge >= 0.3 is 0 Å². The molecular formula is C52H31N3OS. The van der Waals surface area contributed by atoms with Crippen molar-refractivity contribution in [2.75, 3.05) is 0 Å². The lowest BCUT2D eigenvalue weighted by atomic mass is 9.96. The zero-order valence-electron chi connectivity index (χ0n) is 30.6. The molecule has 0 spiro atoms. The average molecular weight is 746 g/mol. The Bertz CT molecular complexity index is 3510. The van der Waals surface area contributed by atoms with Crippen LogP contribution in [0.3, 0.4) is 0 Å². The van der Waals surface area contributed by atoms with Crippen LogP contribution in [0.1, 0.15) is 0 Å². The maximum absolute atomic E-state index is 6.61. The van der Waals surface area contributed by atoms with Crippen molar-refractivity contribution in [1.29, 1.82) is 0 Å². The fourth-order valence-corrected chi connectivity index (χ4v) is 9.66. The van der Waals surface area contributed by atoms with Crippen LogP contribution in [-0.2, 0) is 0 Å². The first kappa shape index (κ1) is 32.0. The topological polar surface area (TPSA) is 43.9 Å². The van der Waals surface area contributed by atoms with Crippen LogP contribution in [0.4, 0.5) is 0 Å². The zero-order valence-corrected chi connectivity index (χ0v) is 31.4. The number of aromatic nitrogens is 3. The lowest BCUT2D eigenvalue weighted by Crippen LogP contribution is -1.94. The van der Waals surface area contributed by atoms with Gasteiger partial charge in [0.25, 0.3) is 0 Å². The maximum atomic E-state index is 6.61. The van der Waals surface area contributed by atoms with Crippen LogP contribution in [0.5, 0.6) is 0 Å². The summed E-state index contributed by atoms with van der Waals surface area (Å²) in [4.78, 5) is 11.6. The van der Waals surface area contributed by atoms with Crippen LogP contribution in [-0.4, -0.2) is 14.5 Å². The van der Waals surface area contributed by atoms with Crippen molar-refractivity contribution in [1.82, 2.24) is 14.5 Å². The van der Waals surface area contributed by atoms with Crippen LogP contribution >= 0.6 is 11.3 Å². The van der Waals surface area contributed by atoms with Gasteiger partial charge in [-0.3, -0.25) is 0 Å². The SMILES string of the molecule is c1ccc(-c2ccc3sc4nc(-c5ccccc5)nc(-c5cccc6oc7ccc(-c8ccc9c(c8)c8ccccc8n9-c8ccccc8)cc7c56)c4c3c2)cc1. The van der Waals surface area contributed by atoms with Crippen LogP contribution in [0.2, 0.25) is 0 Å². The molecular weight excluding hydrogens is 715 g/mol. The van der Waals surface area contributed by atoms with E-state index in [4.69, 9.17) is 14.4 Å². The molecule has 0 amide bonds. The Balaban J connectivity index is 1.09. The molecule has 0 unspecified atom stereocenters. The van der Waals surface area contributed by atoms with Crippen molar-refractivity contribution in [3.05, 3.63) is 188 Å². The molecule has 0 aliphatic heterocycles. The van der Waals surface area contributed by atoms with E-state index in [0.717, 1.165) is 71.2 Å². The van der Waals surface area contributed by atoms with Gasteiger partial charge in [-0.25, -0.2) is 9.97 Å². The molecule has 12 rings (SSSR count). The highest BCUT2D eigenvalue weighted by molar-refractivity contribution is 7.25. The van der Waals surface area contributed by atoms with E-state index in [1.165, 1.54) is 37.6 Å². The number of fused-ring (bicyclic) bond motifs is 9. The number of benzene rings is 8. The van der Waals surface area contributed by atoms with E-state index in [9.17, 15) is 0 Å². The number of hydrogen-bond donors (Lipinski definition) is 0. The van der Waals surface area contributed by atoms with Crippen molar-refractivity contribution in [3.63, 3.8) is 0 Å². The first-order valence-corrected chi connectivity index (χ1v) is 20.0. The summed E-state index contributed by atoms with van der Waals surface area (Å²) in [5.41, 5.74) is 12.8. The number of rotatable bonds is 5. The van der Waals surface area contributed by atoms with E-state index in [1.807, 2.05) is 18.2 Å². The summed E-state index contributed by atoms with van der Waals surface area (Å²) >= 11 is 1.72. The number of nitrogens with zero attached hydrogens (tertiary/aromatic N) is 3. The van der Waals surface area contributed by atoms with E-state index in [-0.39, 0.29) is 0 Å². The van der Waals surface area contributed by atoms with Gasteiger partial charge in [0.1, 0.15) is 16.0 Å². The second kappa shape index (κ2) is 12.6. The zero-order chi connectivity index (χ0) is 37.5. The molecule has 12 aromatic rings. The molecule has 0 bridgehead atoms. The van der Waals surface area contributed by atoms with Gasteiger partial charge in [0.05, 0.1) is 16.7 Å². The van der Waals surface area contributed by atoms with E-state index >= 15 is 0 Å². The van der Waals surface area contributed by atoms with Crippen molar-refractivity contribution >= 4 is 75.4 Å². The molecule has 4 aromatic heterocycles. The fourth-order valence-electron chi connectivity index (χ4n) is 8.61. The fraction of sp³-hybridized carbons (Fsp3) is 0. The number of thiophene rings is 1. The number of para-hydroxylation sites is 2. The average Bonchev–Trinajstić information content (AvgIpc) is 3.95. The molecule has 0 fully saturated rings. The van der Waals surface area contributed by atoms with Crippen LogP contribution in [0.25, 0.3) is 115 Å². The molecule has 0 saturated heterocycles. The third-order valence-corrected chi connectivity index (χ3v) is 12.3. The second-order valence-corrected chi connectivity index (χ2v) is 15.6. The van der Waals surface area contributed by atoms with Gasteiger partial charge in [0.2, 0.25) is 0 Å². The quantitative estimate of drug-likeness (QED) is 0.176. The molecule has 4 nitrogen and oxygen atoms in total. The first-order valence-electron chi connectivity index (χ1n) is 19.1. The Kier molecular flexibility index (Phi) is 7.06. The van der Waals surface area contributed by atoms with Gasteiger partial charge in [-0.1, -0.05) is 127 Å². The first-order chi connectivity index (χ1) is 28.2. The third kappa shape index (κ3) is 5.06. The summed E-state index contributed by atoms with van der Waals surface area (Å²) in [5.74, 6) is 0.710. The van der Waals surface area contributed by atoms with Crippen molar-refractivity contribution in [2.24, 2.45) is 0 Å². The predicted molar refractivity (Wildman–Crippen MR) is 238 cm³/mol. The largest absolute Gasteiger partial charge is 0.456 e. The molecule has 8 aromatic carbocycles. The normalized spacial score (nSPS) is 11.9. The Labute approximate surface area is 331 Å². The van der Waals surface area contributed by atoms with Crippen molar-refractivity contribution in [2.45, 2.75) is 0 Å². The second-order valence-electron chi connectivity index (χ2n) is 14.5. The minimum Gasteiger partial charge on any atom is -0.456 e. The van der Waals surface area contributed by atoms with Gasteiger partial charge in [-0.2, -0.15) is 0 Å². The summed E-state index contributed by atoms with van der Waals surface area (Å²) in [7, 11) is 0. The van der Waals surface area contributed by atoms with Crippen molar-refractivity contribution < 1.29 is 4.42 Å². The third-order valence-electron chi connectivity index (χ3n) is 11.2. The monoisotopic (exact) mass is 745 g/mol. The molecule has 0 aliphatic carbocycles. The summed E-state index contributed by atoms with van der Waals surface area (Å²) < 4.78 is 10.2. The number of hydrogen-bond acceptors (Lipinski definition) is 4. The molecule has 5 heteroatoms. The predicted octanol–water partition coefficient (Wildman–Crippen LogP) is 14.5. The van der Waals surface area contributed by atoms with Gasteiger partial charge < -0.3 is 8.98 Å². The van der Waals surface area contributed by atoms with Crippen LogP contribution < -0.4 is 0 Å². The van der Waals surface area contributed by atoms with E-state index in [1.54, 1.807) is 11.3 Å². The van der Waals surface area contributed by atoms with Gasteiger partial charge in [0.15, 0.2) is 5.82 Å². The lowest BCUT2D eigenvalue weighted by molar-refractivity contribution is 0.669. The molecule has 4 heterocycles. The molecule has 0 radical (unpaired) electrons. The minimum absolute atomic E-state index is 0.710. The molecule has 0 aliphatic rings. The van der Waals surface area contributed by atoms with E-state index in [2.05, 4.69) is 174 Å². The van der Waals surface area contributed by atoms with Crippen molar-refractivity contribution in [3.8, 4) is 50.6 Å². The van der Waals surface area contributed by atoms with E-state index in [0.29, 0.717) is 5.82 Å². The summed E-state index contributed by atoms with van der Waals surface area (Å²) in [6, 6.07) is 66.6. The Hall–Kier alpha value is -7.34. The molecule has 266 valence electrons. The van der Waals surface area contributed by atoms with E-state index < -0.39 is 0 Å². The lowest BCUT2D eigenvalue weighted by Gasteiger charge is -2.10. The van der Waals surface area contributed by atoms with Gasteiger partial charge in [-0.05, 0) is 82.9 Å². The highest BCUT2D eigenvalue weighted by Crippen LogP contribution is 2.45. The summed E-state index contributed by atoms with van der Waals surface area (Å²) in [5, 5.41) is 6.78. The smallest absolute Gasteiger partial charge is 0.161 e. The Morgan fingerprint density at radius 1 is 0.421 bits per heavy atom. The van der Waals surface area contributed by atoms with Crippen LogP contribution in [0.15, 0.2) is 192 Å². The minimum atomic E-state index is 0.710. The highest BCUT2D eigenvalue weighted by Gasteiger charge is 2.22. The molecule has 57 heavy (non-hydrogen) atoms. The number of furan rings is 1. The maximum Gasteiger partial charge on any atom is 0.161 e. The Morgan fingerprint density at radius 3 is 1.89 bits per heavy atom. The molecule has 0 N–H and O–H groups in total. The van der Waals surface area contributed by atoms with Gasteiger partial charge in [-0.15, -0.1) is 11.3 Å². The highest BCUT2D eigenvalue weighted by atomic mass is 32.1. The summed E-state index contributed by atoms with van der Waals surface area (Å²) in [6.45, 7) is 0. The standard InChI is InChI=1S/C52H31N3OS/c1-4-13-32(14-5-1)34-25-28-47-42(31-34)49-50(53-51(54-52(49)57-47)33-15-6-2-7-16-33)39-20-12-22-46-48(39)41-30-36(24-27-45(41)56-46)35-23-26-44-40(29-35)38-19-10-11-21-43(38)55(44)37-17-8-3-9-18-37/h1-31H. The molecule has 0 atom stereocenters. The van der Waals surface area contributed by atoms with Crippen LogP contribution in [0, 0.1) is 0 Å².